The van der Waals surface area contributed by atoms with Gasteiger partial charge in [0.2, 0.25) is 5.91 Å². The quantitative estimate of drug-likeness (QED) is 0.712. The molecule has 0 unspecified atom stereocenters. The molecular formula is C19H24N6O. The minimum absolute atomic E-state index is 0.0407. The van der Waals surface area contributed by atoms with Crippen LogP contribution in [0.4, 0.5) is 5.82 Å². The molecule has 0 aliphatic rings. The van der Waals surface area contributed by atoms with Crippen LogP contribution in [0.25, 0.3) is 22.4 Å². The summed E-state index contributed by atoms with van der Waals surface area (Å²) in [6, 6.07) is 5.65. The van der Waals surface area contributed by atoms with Crippen LogP contribution >= 0.6 is 0 Å². The van der Waals surface area contributed by atoms with E-state index in [9.17, 15) is 4.79 Å². The summed E-state index contributed by atoms with van der Waals surface area (Å²) in [5.74, 6) is 1.25. The summed E-state index contributed by atoms with van der Waals surface area (Å²) in [6.07, 6.45) is 5.94. The Kier molecular flexibility index (Phi) is 4.88. The van der Waals surface area contributed by atoms with Crippen LogP contribution in [-0.2, 0) is 4.79 Å². The lowest BCUT2D eigenvalue weighted by Gasteiger charge is -2.32. The number of pyridine rings is 1. The van der Waals surface area contributed by atoms with Crippen molar-refractivity contribution in [1.29, 1.82) is 0 Å². The molecule has 0 aromatic carbocycles. The standard InChI is InChI=1S/C19H24N6O/c1-5-19(3,18(26)25(4)6-2)24-15-9-11-21-17(23-15)14-12-22-16-13(14)8-7-10-20-16/h7-12H,5-6H2,1-4H3,(H,20,22)(H,21,23,24)/t19-/m0/s1. The van der Waals surface area contributed by atoms with Crippen molar-refractivity contribution in [3.63, 3.8) is 0 Å². The Morgan fingerprint density at radius 3 is 2.81 bits per heavy atom. The predicted molar refractivity (Wildman–Crippen MR) is 103 cm³/mol. The maximum Gasteiger partial charge on any atom is 0.247 e. The Hall–Kier alpha value is -2.96. The second kappa shape index (κ2) is 7.11. The number of amides is 1. The van der Waals surface area contributed by atoms with Crippen molar-refractivity contribution in [3.8, 4) is 11.4 Å². The second-order valence-corrected chi connectivity index (χ2v) is 6.50. The fourth-order valence-electron chi connectivity index (χ4n) is 2.84. The minimum atomic E-state index is -0.724. The molecule has 0 fully saturated rings. The van der Waals surface area contributed by atoms with Crippen LogP contribution in [0.2, 0.25) is 0 Å². The van der Waals surface area contributed by atoms with Crippen LogP contribution in [0.1, 0.15) is 27.2 Å². The Balaban J connectivity index is 1.93. The lowest BCUT2D eigenvalue weighted by Crippen LogP contribution is -2.50. The van der Waals surface area contributed by atoms with Gasteiger partial charge in [0.25, 0.3) is 0 Å². The number of nitrogens with zero attached hydrogens (tertiary/aromatic N) is 4. The average Bonchev–Trinajstić information content (AvgIpc) is 3.11. The van der Waals surface area contributed by atoms with Gasteiger partial charge in [-0.25, -0.2) is 15.0 Å². The number of likely N-dealkylation sites (N-methyl/N-ethyl adjacent to an activating group) is 1. The molecule has 0 aliphatic carbocycles. The third-order valence-corrected chi connectivity index (χ3v) is 4.75. The normalized spacial score (nSPS) is 13.4. The van der Waals surface area contributed by atoms with Crippen LogP contribution in [-0.4, -0.2) is 49.9 Å². The lowest BCUT2D eigenvalue weighted by molar-refractivity contribution is -0.134. The zero-order valence-electron chi connectivity index (χ0n) is 15.6. The van der Waals surface area contributed by atoms with Crippen LogP contribution in [0.3, 0.4) is 0 Å². The molecule has 0 bridgehead atoms. The molecule has 0 radical (unpaired) electrons. The second-order valence-electron chi connectivity index (χ2n) is 6.50. The van der Waals surface area contributed by atoms with Gasteiger partial charge in [0, 0.05) is 43.1 Å². The van der Waals surface area contributed by atoms with E-state index in [0.29, 0.717) is 24.6 Å². The van der Waals surface area contributed by atoms with E-state index >= 15 is 0 Å². The molecule has 3 rings (SSSR count). The van der Waals surface area contributed by atoms with E-state index in [-0.39, 0.29) is 5.91 Å². The van der Waals surface area contributed by atoms with Gasteiger partial charge in [-0.2, -0.15) is 0 Å². The van der Waals surface area contributed by atoms with E-state index < -0.39 is 5.54 Å². The highest BCUT2D eigenvalue weighted by atomic mass is 16.2. The van der Waals surface area contributed by atoms with Gasteiger partial charge in [0.1, 0.15) is 17.0 Å². The molecule has 0 spiro atoms. The van der Waals surface area contributed by atoms with E-state index in [1.54, 1.807) is 23.4 Å². The molecule has 2 N–H and O–H groups in total. The van der Waals surface area contributed by atoms with Gasteiger partial charge >= 0.3 is 0 Å². The highest BCUT2D eigenvalue weighted by Crippen LogP contribution is 2.26. The van der Waals surface area contributed by atoms with Crippen LogP contribution in [0, 0.1) is 0 Å². The SMILES string of the molecule is CCN(C)C(=O)[C@](C)(CC)Nc1ccnc(-c2c[nH]c3ncccc23)n1. The van der Waals surface area contributed by atoms with Crippen molar-refractivity contribution >= 4 is 22.8 Å². The third-order valence-electron chi connectivity index (χ3n) is 4.75. The molecule has 1 atom stereocenters. The minimum Gasteiger partial charge on any atom is -0.356 e. The zero-order chi connectivity index (χ0) is 18.7. The number of aromatic amines is 1. The number of H-pyrrole nitrogens is 1. The summed E-state index contributed by atoms with van der Waals surface area (Å²) < 4.78 is 0. The summed E-state index contributed by atoms with van der Waals surface area (Å²) in [5.41, 5.74) is 0.951. The van der Waals surface area contributed by atoms with E-state index in [1.807, 2.05) is 46.1 Å². The van der Waals surface area contributed by atoms with Crippen LogP contribution < -0.4 is 5.32 Å². The van der Waals surface area contributed by atoms with E-state index in [2.05, 4.69) is 25.3 Å². The molecule has 7 heteroatoms. The van der Waals surface area contributed by atoms with Crippen LogP contribution in [0.5, 0.6) is 0 Å². The average molecular weight is 352 g/mol. The van der Waals surface area contributed by atoms with Gasteiger partial charge in [0.05, 0.1) is 0 Å². The molecule has 0 saturated heterocycles. The predicted octanol–water partition coefficient (Wildman–Crippen LogP) is 3.08. The Morgan fingerprint density at radius 1 is 1.27 bits per heavy atom. The van der Waals surface area contributed by atoms with E-state index in [0.717, 1.165) is 16.6 Å². The number of carbonyl (C=O) groups excluding carboxylic acids is 1. The van der Waals surface area contributed by atoms with Crippen molar-refractivity contribution in [1.82, 2.24) is 24.8 Å². The molecule has 0 saturated carbocycles. The summed E-state index contributed by atoms with van der Waals surface area (Å²) >= 11 is 0. The van der Waals surface area contributed by atoms with Gasteiger partial charge in [-0.05, 0) is 38.5 Å². The molecule has 0 aliphatic heterocycles. The van der Waals surface area contributed by atoms with Gasteiger partial charge in [-0.15, -0.1) is 0 Å². The number of aromatic nitrogens is 4. The lowest BCUT2D eigenvalue weighted by atomic mass is 9.97. The third kappa shape index (κ3) is 3.24. The maximum atomic E-state index is 12.7. The topological polar surface area (TPSA) is 86.8 Å². The van der Waals surface area contributed by atoms with E-state index in [1.165, 1.54) is 0 Å². The highest BCUT2D eigenvalue weighted by Gasteiger charge is 2.33. The first-order valence-corrected chi connectivity index (χ1v) is 8.77. The summed E-state index contributed by atoms with van der Waals surface area (Å²) in [6.45, 7) is 6.51. The molecule has 3 aromatic heterocycles. The first-order valence-electron chi connectivity index (χ1n) is 8.77. The fourth-order valence-corrected chi connectivity index (χ4v) is 2.84. The molecule has 136 valence electrons. The number of carbonyl (C=O) groups is 1. The summed E-state index contributed by atoms with van der Waals surface area (Å²) in [5, 5.41) is 4.27. The van der Waals surface area contributed by atoms with Gasteiger partial charge in [-0.1, -0.05) is 6.92 Å². The number of fused-ring (bicyclic) bond motifs is 1. The number of hydrogen-bond donors (Lipinski definition) is 2. The van der Waals surface area contributed by atoms with Gasteiger partial charge < -0.3 is 15.2 Å². The van der Waals surface area contributed by atoms with E-state index in [4.69, 9.17) is 0 Å². The fraction of sp³-hybridized carbons (Fsp3) is 0.368. The molecular weight excluding hydrogens is 328 g/mol. The summed E-state index contributed by atoms with van der Waals surface area (Å²) in [4.78, 5) is 30.9. The number of anilines is 1. The van der Waals surface area contributed by atoms with Crippen molar-refractivity contribution in [3.05, 3.63) is 36.8 Å². The number of rotatable bonds is 6. The number of nitrogens with one attached hydrogen (secondary N) is 2. The van der Waals surface area contributed by atoms with Crippen LogP contribution in [0.15, 0.2) is 36.8 Å². The smallest absolute Gasteiger partial charge is 0.247 e. The Morgan fingerprint density at radius 2 is 2.08 bits per heavy atom. The first kappa shape index (κ1) is 17.8. The van der Waals surface area contributed by atoms with Crippen molar-refractivity contribution in [2.45, 2.75) is 32.7 Å². The van der Waals surface area contributed by atoms with Gasteiger partial charge in [-0.3, -0.25) is 4.79 Å². The summed E-state index contributed by atoms with van der Waals surface area (Å²) in [7, 11) is 1.81. The Bertz CT molecular complexity index is 921. The van der Waals surface area contributed by atoms with Crippen molar-refractivity contribution in [2.75, 3.05) is 18.9 Å². The molecule has 26 heavy (non-hydrogen) atoms. The van der Waals surface area contributed by atoms with Gasteiger partial charge in [0.15, 0.2) is 5.82 Å². The molecule has 3 aromatic rings. The highest BCUT2D eigenvalue weighted by molar-refractivity contribution is 5.92. The van der Waals surface area contributed by atoms with Crippen molar-refractivity contribution in [2.24, 2.45) is 0 Å². The largest absolute Gasteiger partial charge is 0.356 e. The molecule has 1 amide bonds. The monoisotopic (exact) mass is 352 g/mol. The number of hydrogen-bond acceptors (Lipinski definition) is 5. The zero-order valence-corrected chi connectivity index (χ0v) is 15.6. The molecule has 3 heterocycles. The first-order chi connectivity index (χ1) is 12.5. The maximum absolute atomic E-state index is 12.7. The molecule has 7 nitrogen and oxygen atoms in total. The van der Waals surface area contributed by atoms with Crippen molar-refractivity contribution < 1.29 is 4.79 Å². The Labute approximate surface area is 152 Å².